The lowest BCUT2D eigenvalue weighted by molar-refractivity contribution is 0.403. The van der Waals surface area contributed by atoms with E-state index in [2.05, 4.69) is 58.5 Å². The van der Waals surface area contributed by atoms with Crippen molar-refractivity contribution in [3.63, 3.8) is 0 Å². The number of methoxy groups -OCH3 is 1. The molecule has 0 saturated heterocycles. The van der Waals surface area contributed by atoms with E-state index in [4.69, 9.17) is 4.74 Å². The summed E-state index contributed by atoms with van der Waals surface area (Å²) < 4.78 is 6.60. The maximum Gasteiger partial charge on any atom is 0.123 e. The van der Waals surface area contributed by atoms with E-state index < -0.39 is 0 Å². The molecule has 1 atom stereocenters. The quantitative estimate of drug-likeness (QED) is 0.705. The summed E-state index contributed by atoms with van der Waals surface area (Å²) in [6.07, 6.45) is 0. The number of halogens is 1. The Hall–Kier alpha value is -0.970. The van der Waals surface area contributed by atoms with Crippen molar-refractivity contribution in [2.75, 3.05) is 19.4 Å². The second-order valence-corrected chi connectivity index (χ2v) is 6.63. The van der Waals surface area contributed by atoms with Crippen LogP contribution in [-0.4, -0.2) is 19.4 Å². The summed E-state index contributed by atoms with van der Waals surface area (Å²) in [5, 5.41) is 3.55. The number of hydrogen-bond acceptors (Lipinski definition) is 3. The van der Waals surface area contributed by atoms with Crippen LogP contribution < -0.4 is 10.1 Å². The van der Waals surface area contributed by atoms with Crippen molar-refractivity contribution in [3.05, 3.63) is 58.6 Å². The Bertz CT molecular complexity index is 576. The van der Waals surface area contributed by atoms with Gasteiger partial charge in [0.25, 0.3) is 0 Å². The molecule has 112 valence electrons. The molecule has 1 unspecified atom stereocenters. The maximum atomic E-state index is 5.49. The van der Waals surface area contributed by atoms with Crippen LogP contribution >= 0.6 is 27.7 Å². The highest BCUT2D eigenvalue weighted by Crippen LogP contribution is 2.30. The Morgan fingerprint density at radius 2 is 2.00 bits per heavy atom. The third kappa shape index (κ3) is 4.77. The van der Waals surface area contributed by atoms with Gasteiger partial charge in [0.2, 0.25) is 0 Å². The van der Waals surface area contributed by atoms with Crippen molar-refractivity contribution in [1.82, 2.24) is 5.32 Å². The predicted octanol–water partition coefficient (Wildman–Crippen LogP) is 4.90. The molecule has 0 aliphatic heterocycles. The largest absolute Gasteiger partial charge is 0.496 e. The van der Waals surface area contributed by atoms with Crippen molar-refractivity contribution >= 4 is 27.7 Å². The first-order chi connectivity index (χ1) is 10.2. The van der Waals surface area contributed by atoms with Gasteiger partial charge in [-0.1, -0.05) is 47.1 Å². The highest BCUT2D eigenvalue weighted by molar-refractivity contribution is 9.10. The van der Waals surface area contributed by atoms with Crippen LogP contribution in [0.3, 0.4) is 0 Å². The van der Waals surface area contributed by atoms with E-state index >= 15 is 0 Å². The summed E-state index contributed by atoms with van der Waals surface area (Å²) in [5.41, 5.74) is 1.21. The fourth-order valence-electron chi connectivity index (χ4n) is 2.20. The van der Waals surface area contributed by atoms with Gasteiger partial charge in [-0.2, -0.15) is 0 Å². The summed E-state index contributed by atoms with van der Waals surface area (Å²) in [4.78, 5) is 1.27. The first-order valence-corrected chi connectivity index (χ1v) is 8.77. The Morgan fingerprint density at radius 3 is 2.71 bits per heavy atom. The smallest absolute Gasteiger partial charge is 0.123 e. The minimum Gasteiger partial charge on any atom is -0.496 e. The van der Waals surface area contributed by atoms with Gasteiger partial charge >= 0.3 is 0 Å². The molecule has 4 heteroatoms. The van der Waals surface area contributed by atoms with Gasteiger partial charge in [0.05, 0.1) is 7.11 Å². The lowest BCUT2D eigenvalue weighted by atomic mass is 10.1. The van der Waals surface area contributed by atoms with Crippen LogP contribution in [0, 0.1) is 0 Å². The van der Waals surface area contributed by atoms with E-state index in [1.54, 1.807) is 7.11 Å². The van der Waals surface area contributed by atoms with Crippen molar-refractivity contribution in [2.24, 2.45) is 0 Å². The number of thioether (sulfide) groups is 1. The lowest BCUT2D eigenvalue weighted by Crippen LogP contribution is -2.23. The molecule has 0 bridgehead atoms. The normalized spacial score (nSPS) is 12.1. The molecule has 0 fully saturated rings. The number of para-hydroxylation sites is 1. The molecule has 21 heavy (non-hydrogen) atoms. The molecule has 0 radical (unpaired) electrons. The summed E-state index contributed by atoms with van der Waals surface area (Å²) in [7, 11) is 1.73. The molecule has 0 saturated carbocycles. The van der Waals surface area contributed by atoms with E-state index in [0.717, 1.165) is 22.5 Å². The van der Waals surface area contributed by atoms with Crippen molar-refractivity contribution in [3.8, 4) is 5.75 Å². The number of rotatable bonds is 7. The van der Waals surface area contributed by atoms with E-state index in [9.17, 15) is 0 Å². The molecular formula is C17H20BrNOS. The molecule has 2 aromatic carbocycles. The van der Waals surface area contributed by atoms with E-state index in [1.807, 2.05) is 30.0 Å². The van der Waals surface area contributed by atoms with Gasteiger partial charge in [-0.25, -0.2) is 0 Å². The van der Waals surface area contributed by atoms with Crippen molar-refractivity contribution < 1.29 is 4.74 Å². The van der Waals surface area contributed by atoms with Gasteiger partial charge in [-0.3, -0.25) is 0 Å². The van der Waals surface area contributed by atoms with Gasteiger partial charge in [-0.15, -0.1) is 11.8 Å². The SMILES string of the molecule is CCNC(CSc1cccc(Br)c1)c1ccccc1OC. The average Bonchev–Trinajstić information content (AvgIpc) is 2.51. The van der Waals surface area contributed by atoms with Crippen LogP contribution in [-0.2, 0) is 0 Å². The molecule has 2 rings (SSSR count). The minimum absolute atomic E-state index is 0.273. The summed E-state index contributed by atoms with van der Waals surface area (Å²) in [6, 6.07) is 16.9. The van der Waals surface area contributed by atoms with Gasteiger partial charge in [0, 0.05) is 26.7 Å². The molecule has 2 aromatic rings. The van der Waals surface area contributed by atoms with Crippen molar-refractivity contribution in [1.29, 1.82) is 0 Å². The van der Waals surface area contributed by atoms with Crippen LogP contribution in [0.25, 0.3) is 0 Å². The maximum absolute atomic E-state index is 5.49. The van der Waals surface area contributed by atoms with Crippen LogP contribution in [0.2, 0.25) is 0 Å². The second-order valence-electron chi connectivity index (χ2n) is 4.62. The number of benzene rings is 2. The van der Waals surface area contributed by atoms with Crippen LogP contribution in [0.1, 0.15) is 18.5 Å². The molecule has 0 aliphatic carbocycles. The van der Waals surface area contributed by atoms with E-state index in [-0.39, 0.29) is 6.04 Å². The topological polar surface area (TPSA) is 21.3 Å². The zero-order valence-electron chi connectivity index (χ0n) is 12.3. The van der Waals surface area contributed by atoms with E-state index in [1.165, 1.54) is 10.5 Å². The highest BCUT2D eigenvalue weighted by atomic mass is 79.9. The monoisotopic (exact) mass is 365 g/mol. The predicted molar refractivity (Wildman–Crippen MR) is 94.3 cm³/mol. The third-order valence-electron chi connectivity index (χ3n) is 3.18. The molecule has 0 aromatic heterocycles. The van der Waals surface area contributed by atoms with Crippen LogP contribution in [0.4, 0.5) is 0 Å². The second kappa shape index (κ2) is 8.47. The molecular weight excluding hydrogens is 346 g/mol. The first-order valence-electron chi connectivity index (χ1n) is 6.99. The summed E-state index contributed by atoms with van der Waals surface area (Å²) >= 11 is 5.37. The summed E-state index contributed by atoms with van der Waals surface area (Å²) in [5.74, 6) is 1.91. The molecule has 2 nitrogen and oxygen atoms in total. The zero-order valence-corrected chi connectivity index (χ0v) is 14.7. The molecule has 0 heterocycles. The minimum atomic E-state index is 0.273. The van der Waals surface area contributed by atoms with Gasteiger partial charge in [0.15, 0.2) is 0 Å². The van der Waals surface area contributed by atoms with E-state index in [0.29, 0.717) is 0 Å². The fourth-order valence-corrected chi connectivity index (χ4v) is 3.79. The number of nitrogens with one attached hydrogen (secondary N) is 1. The van der Waals surface area contributed by atoms with Crippen molar-refractivity contribution in [2.45, 2.75) is 17.9 Å². The standard InChI is InChI=1S/C17H20BrNOS/c1-3-19-16(15-9-4-5-10-17(15)20-2)12-21-14-8-6-7-13(18)11-14/h4-11,16,19H,3,12H2,1-2H3. The zero-order chi connectivity index (χ0) is 15.1. The highest BCUT2D eigenvalue weighted by Gasteiger charge is 2.15. The number of hydrogen-bond donors (Lipinski definition) is 1. The Kier molecular flexibility index (Phi) is 6.61. The fraction of sp³-hybridized carbons (Fsp3) is 0.294. The molecule has 1 N–H and O–H groups in total. The van der Waals surface area contributed by atoms with Crippen LogP contribution in [0.15, 0.2) is 57.9 Å². The average molecular weight is 366 g/mol. The summed E-state index contributed by atoms with van der Waals surface area (Å²) in [6.45, 7) is 3.06. The Labute approximate surface area is 139 Å². The third-order valence-corrected chi connectivity index (χ3v) is 4.76. The van der Waals surface area contributed by atoms with Gasteiger partial charge in [-0.05, 0) is 30.8 Å². The molecule has 0 aliphatic rings. The van der Waals surface area contributed by atoms with Gasteiger partial charge < -0.3 is 10.1 Å². The van der Waals surface area contributed by atoms with Crippen LogP contribution in [0.5, 0.6) is 5.75 Å². The molecule has 0 spiro atoms. The van der Waals surface area contributed by atoms with Gasteiger partial charge in [0.1, 0.15) is 5.75 Å². The lowest BCUT2D eigenvalue weighted by Gasteiger charge is -2.20. The Morgan fingerprint density at radius 1 is 1.19 bits per heavy atom. The molecule has 0 amide bonds. The Balaban J connectivity index is 2.12. The number of ether oxygens (including phenoxy) is 1. The first kappa shape index (κ1) is 16.4.